The fourth-order valence-electron chi connectivity index (χ4n) is 2.33. The Kier molecular flexibility index (Phi) is 6.17. The minimum absolute atomic E-state index is 0.142. The second-order valence-electron chi connectivity index (χ2n) is 5.51. The van der Waals surface area contributed by atoms with Gasteiger partial charge in [0.2, 0.25) is 0 Å². The van der Waals surface area contributed by atoms with Crippen molar-refractivity contribution in [3.63, 3.8) is 0 Å². The molecule has 0 saturated heterocycles. The Bertz CT molecular complexity index is 457. The van der Waals surface area contributed by atoms with Crippen LogP contribution in [0.2, 0.25) is 0 Å². The number of hydrogen-bond donors (Lipinski definition) is 2. The lowest BCUT2D eigenvalue weighted by molar-refractivity contribution is -0.142. The summed E-state index contributed by atoms with van der Waals surface area (Å²) < 4.78 is 4.71. The lowest BCUT2D eigenvalue weighted by Gasteiger charge is -2.27. The van der Waals surface area contributed by atoms with Crippen LogP contribution in [0.25, 0.3) is 0 Å². The number of methoxy groups -OCH3 is 1. The number of aliphatic hydroxyl groups excluding tert-OH is 1. The third kappa shape index (κ3) is 4.62. The van der Waals surface area contributed by atoms with Gasteiger partial charge in [-0.2, -0.15) is 0 Å². The highest BCUT2D eigenvalue weighted by atomic mass is 16.5. The quantitative estimate of drug-likeness (QED) is 0.784. The third-order valence-corrected chi connectivity index (χ3v) is 3.29. The van der Waals surface area contributed by atoms with E-state index in [0.29, 0.717) is 0 Å². The Morgan fingerprint density at radius 3 is 2.50 bits per heavy atom. The fraction of sp³-hybridized carbons (Fsp3) is 0.562. The van der Waals surface area contributed by atoms with Gasteiger partial charge in [0.15, 0.2) is 0 Å². The summed E-state index contributed by atoms with van der Waals surface area (Å²) in [6, 6.07) is 5.73. The van der Waals surface area contributed by atoms with Crippen molar-refractivity contribution in [2.45, 2.75) is 52.3 Å². The summed E-state index contributed by atoms with van der Waals surface area (Å²) in [5, 5.41) is 13.8. The van der Waals surface area contributed by atoms with Gasteiger partial charge in [-0.3, -0.25) is 4.79 Å². The molecule has 0 heterocycles. The van der Waals surface area contributed by atoms with Crippen molar-refractivity contribution < 1.29 is 14.6 Å². The number of esters is 1. The van der Waals surface area contributed by atoms with E-state index in [1.165, 1.54) is 7.11 Å². The molecule has 112 valence electrons. The summed E-state index contributed by atoms with van der Waals surface area (Å²) >= 11 is 0. The highest BCUT2D eigenvalue weighted by Crippen LogP contribution is 2.24. The van der Waals surface area contributed by atoms with E-state index in [1.54, 1.807) is 0 Å². The molecule has 4 heteroatoms. The molecule has 2 N–H and O–H groups in total. The molecule has 0 aliphatic carbocycles. The number of nitrogens with one attached hydrogen (secondary N) is 1. The Hall–Kier alpha value is -1.39. The zero-order valence-electron chi connectivity index (χ0n) is 12.9. The van der Waals surface area contributed by atoms with Crippen molar-refractivity contribution in [3.05, 3.63) is 34.9 Å². The SMILES string of the molecule is COC(=O)CC(NC(C)C)C(O)c1ccc(C)cc1C. The fourth-order valence-corrected chi connectivity index (χ4v) is 2.33. The van der Waals surface area contributed by atoms with Crippen LogP contribution in [-0.4, -0.2) is 30.3 Å². The molecule has 0 spiro atoms. The standard InChI is InChI=1S/C16H25NO3/c1-10(2)17-14(9-15(18)20-5)16(19)13-7-6-11(3)8-12(13)4/h6-8,10,14,16-17,19H,9H2,1-5H3. The van der Waals surface area contributed by atoms with E-state index < -0.39 is 6.10 Å². The zero-order valence-corrected chi connectivity index (χ0v) is 12.9. The number of rotatable bonds is 6. The van der Waals surface area contributed by atoms with E-state index >= 15 is 0 Å². The largest absolute Gasteiger partial charge is 0.469 e. The molecule has 1 rings (SSSR count). The van der Waals surface area contributed by atoms with Crippen molar-refractivity contribution in [1.82, 2.24) is 5.32 Å². The smallest absolute Gasteiger partial charge is 0.307 e. The van der Waals surface area contributed by atoms with Gasteiger partial charge in [0.05, 0.1) is 19.6 Å². The summed E-state index contributed by atoms with van der Waals surface area (Å²) in [6.07, 6.45) is -0.597. The van der Waals surface area contributed by atoms with Gasteiger partial charge >= 0.3 is 5.97 Å². The third-order valence-electron chi connectivity index (χ3n) is 3.29. The first-order chi connectivity index (χ1) is 9.35. The number of aryl methyl sites for hydroxylation is 2. The highest BCUT2D eigenvalue weighted by molar-refractivity contribution is 5.70. The first kappa shape index (κ1) is 16.7. The summed E-state index contributed by atoms with van der Waals surface area (Å²) in [4.78, 5) is 11.5. The van der Waals surface area contributed by atoms with Gasteiger partial charge in [-0.15, -0.1) is 0 Å². The Morgan fingerprint density at radius 1 is 1.35 bits per heavy atom. The molecule has 1 aromatic carbocycles. The minimum Gasteiger partial charge on any atom is -0.469 e. The molecule has 0 aromatic heterocycles. The van der Waals surface area contributed by atoms with Crippen LogP contribution >= 0.6 is 0 Å². The van der Waals surface area contributed by atoms with Crippen LogP contribution in [0.5, 0.6) is 0 Å². The molecule has 2 atom stereocenters. The minimum atomic E-state index is -0.739. The molecule has 0 aliphatic heterocycles. The molecular formula is C16H25NO3. The van der Waals surface area contributed by atoms with Gasteiger partial charge in [-0.25, -0.2) is 0 Å². The van der Waals surface area contributed by atoms with Crippen LogP contribution in [0.15, 0.2) is 18.2 Å². The number of hydrogen-bond acceptors (Lipinski definition) is 4. The Labute approximate surface area is 121 Å². The van der Waals surface area contributed by atoms with Crippen LogP contribution in [0.3, 0.4) is 0 Å². The summed E-state index contributed by atoms with van der Waals surface area (Å²) in [7, 11) is 1.36. The number of carbonyl (C=O) groups excluding carboxylic acids is 1. The second kappa shape index (κ2) is 7.41. The molecule has 20 heavy (non-hydrogen) atoms. The number of aliphatic hydroxyl groups is 1. The molecule has 2 unspecified atom stereocenters. The Morgan fingerprint density at radius 2 is 2.00 bits per heavy atom. The van der Waals surface area contributed by atoms with E-state index in [-0.39, 0.29) is 24.5 Å². The molecule has 0 amide bonds. The maximum absolute atomic E-state index is 11.5. The van der Waals surface area contributed by atoms with E-state index in [4.69, 9.17) is 4.74 Å². The average molecular weight is 279 g/mol. The topological polar surface area (TPSA) is 58.6 Å². The molecule has 0 radical (unpaired) electrons. The first-order valence-electron chi connectivity index (χ1n) is 6.93. The van der Waals surface area contributed by atoms with Crippen molar-refractivity contribution in [2.75, 3.05) is 7.11 Å². The van der Waals surface area contributed by atoms with Crippen LogP contribution < -0.4 is 5.32 Å². The molecule has 0 bridgehead atoms. The van der Waals surface area contributed by atoms with Crippen molar-refractivity contribution in [3.8, 4) is 0 Å². The van der Waals surface area contributed by atoms with E-state index in [9.17, 15) is 9.90 Å². The summed E-state index contributed by atoms with van der Waals surface area (Å²) in [6.45, 7) is 7.95. The molecule has 0 fully saturated rings. The van der Waals surface area contributed by atoms with Gasteiger partial charge in [0.1, 0.15) is 0 Å². The lowest BCUT2D eigenvalue weighted by atomic mass is 9.94. The first-order valence-corrected chi connectivity index (χ1v) is 6.93. The average Bonchev–Trinajstić information content (AvgIpc) is 2.36. The van der Waals surface area contributed by atoms with Crippen molar-refractivity contribution in [1.29, 1.82) is 0 Å². The van der Waals surface area contributed by atoms with Crippen LogP contribution in [0.1, 0.15) is 43.1 Å². The van der Waals surface area contributed by atoms with E-state index in [1.807, 2.05) is 45.9 Å². The van der Waals surface area contributed by atoms with Crippen molar-refractivity contribution >= 4 is 5.97 Å². The van der Waals surface area contributed by atoms with Gasteiger partial charge in [-0.1, -0.05) is 37.6 Å². The van der Waals surface area contributed by atoms with Crippen molar-refractivity contribution in [2.24, 2.45) is 0 Å². The van der Waals surface area contributed by atoms with Crippen LogP contribution in [0, 0.1) is 13.8 Å². The maximum atomic E-state index is 11.5. The molecular weight excluding hydrogens is 254 g/mol. The monoisotopic (exact) mass is 279 g/mol. The lowest BCUT2D eigenvalue weighted by Crippen LogP contribution is -2.41. The zero-order chi connectivity index (χ0) is 15.3. The number of carbonyl (C=O) groups is 1. The highest BCUT2D eigenvalue weighted by Gasteiger charge is 2.25. The molecule has 0 aliphatic rings. The molecule has 1 aromatic rings. The molecule has 4 nitrogen and oxygen atoms in total. The van der Waals surface area contributed by atoms with E-state index in [0.717, 1.165) is 16.7 Å². The summed E-state index contributed by atoms with van der Waals surface area (Å²) in [5.74, 6) is -0.327. The van der Waals surface area contributed by atoms with Crippen LogP contribution in [-0.2, 0) is 9.53 Å². The predicted octanol–water partition coefficient (Wildman–Crippen LogP) is 2.27. The Balaban J connectivity index is 2.96. The van der Waals surface area contributed by atoms with Gasteiger partial charge in [0.25, 0.3) is 0 Å². The van der Waals surface area contributed by atoms with Gasteiger partial charge < -0.3 is 15.2 Å². The number of benzene rings is 1. The normalized spacial score (nSPS) is 14.2. The van der Waals surface area contributed by atoms with Gasteiger partial charge in [0, 0.05) is 12.1 Å². The van der Waals surface area contributed by atoms with Gasteiger partial charge in [-0.05, 0) is 25.0 Å². The number of ether oxygens (including phenoxy) is 1. The second-order valence-corrected chi connectivity index (χ2v) is 5.51. The predicted molar refractivity (Wildman–Crippen MR) is 79.6 cm³/mol. The maximum Gasteiger partial charge on any atom is 0.307 e. The molecule has 0 saturated carbocycles. The summed E-state index contributed by atoms with van der Waals surface area (Å²) in [5.41, 5.74) is 3.02. The van der Waals surface area contributed by atoms with E-state index in [2.05, 4.69) is 5.32 Å². The van der Waals surface area contributed by atoms with Crippen LogP contribution in [0.4, 0.5) is 0 Å².